The molecule has 2 heterocycles. The van der Waals surface area contributed by atoms with Crippen LogP contribution in [0.5, 0.6) is 0 Å². The van der Waals surface area contributed by atoms with E-state index < -0.39 is 10.8 Å². The van der Waals surface area contributed by atoms with Crippen molar-refractivity contribution in [3.63, 3.8) is 0 Å². The Labute approximate surface area is 129 Å². The third-order valence-electron chi connectivity index (χ3n) is 4.56. The molecule has 5 nitrogen and oxygen atoms in total. The highest BCUT2D eigenvalue weighted by Gasteiger charge is 2.49. The average Bonchev–Trinajstić information content (AvgIpc) is 2.89. The number of fused-ring (bicyclic) bond motifs is 1. The predicted octanol–water partition coefficient (Wildman–Crippen LogP) is 1.00. The minimum Gasteiger partial charge on any atom is -0.329 e. The van der Waals surface area contributed by atoms with Gasteiger partial charge in [-0.15, -0.1) is 0 Å². The SMILES string of the molecule is CC(C)C1C(=O)N2CCCC2C(=O)N1C(C)CCS(C)=O. The van der Waals surface area contributed by atoms with Crippen molar-refractivity contribution in [1.29, 1.82) is 0 Å². The van der Waals surface area contributed by atoms with Crippen LogP contribution >= 0.6 is 0 Å². The fourth-order valence-electron chi connectivity index (χ4n) is 3.46. The molecule has 2 amide bonds. The zero-order chi connectivity index (χ0) is 15.7. The van der Waals surface area contributed by atoms with Crippen LogP contribution in [-0.2, 0) is 20.4 Å². The predicted molar refractivity (Wildman–Crippen MR) is 83.2 cm³/mol. The third-order valence-corrected chi connectivity index (χ3v) is 5.37. The average molecular weight is 314 g/mol. The molecule has 120 valence electrons. The number of hydrogen-bond donors (Lipinski definition) is 0. The molecule has 0 radical (unpaired) electrons. The summed E-state index contributed by atoms with van der Waals surface area (Å²) in [4.78, 5) is 29.1. The summed E-state index contributed by atoms with van der Waals surface area (Å²) < 4.78 is 11.3. The van der Waals surface area contributed by atoms with Gasteiger partial charge in [0, 0.05) is 35.4 Å². The van der Waals surface area contributed by atoms with Gasteiger partial charge in [-0.05, 0) is 32.1 Å². The molecule has 0 aromatic rings. The van der Waals surface area contributed by atoms with Gasteiger partial charge in [-0.3, -0.25) is 13.8 Å². The summed E-state index contributed by atoms with van der Waals surface area (Å²) in [6.45, 7) is 6.66. The molecule has 2 rings (SSSR count). The molecule has 0 spiro atoms. The molecule has 0 aliphatic carbocycles. The van der Waals surface area contributed by atoms with E-state index in [2.05, 4.69) is 0 Å². The number of amides is 2. The number of carbonyl (C=O) groups is 2. The van der Waals surface area contributed by atoms with E-state index in [1.54, 1.807) is 16.1 Å². The highest BCUT2D eigenvalue weighted by molar-refractivity contribution is 7.84. The highest BCUT2D eigenvalue weighted by atomic mass is 32.2. The molecule has 2 fully saturated rings. The summed E-state index contributed by atoms with van der Waals surface area (Å²) in [5, 5.41) is 0. The van der Waals surface area contributed by atoms with E-state index in [4.69, 9.17) is 0 Å². The largest absolute Gasteiger partial charge is 0.329 e. The summed E-state index contributed by atoms with van der Waals surface area (Å²) in [6.07, 6.45) is 4.04. The van der Waals surface area contributed by atoms with E-state index in [0.717, 1.165) is 12.8 Å². The lowest BCUT2D eigenvalue weighted by Gasteiger charge is -2.46. The smallest absolute Gasteiger partial charge is 0.246 e. The molecule has 2 aliphatic heterocycles. The maximum absolute atomic E-state index is 12.8. The van der Waals surface area contributed by atoms with Crippen molar-refractivity contribution in [2.75, 3.05) is 18.6 Å². The summed E-state index contributed by atoms with van der Waals surface area (Å²) in [5.74, 6) is 0.840. The van der Waals surface area contributed by atoms with Crippen LogP contribution in [0.4, 0.5) is 0 Å². The fourth-order valence-corrected chi connectivity index (χ4v) is 4.13. The van der Waals surface area contributed by atoms with Gasteiger partial charge in [-0.25, -0.2) is 0 Å². The number of nitrogens with zero attached hydrogens (tertiary/aromatic N) is 2. The lowest BCUT2D eigenvalue weighted by Crippen LogP contribution is -2.66. The van der Waals surface area contributed by atoms with Gasteiger partial charge >= 0.3 is 0 Å². The summed E-state index contributed by atoms with van der Waals surface area (Å²) in [7, 11) is -0.871. The van der Waals surface area contributed by atoms with Gasteiger partial charge in [0.1, 0.15) is 12.1 Å². The third kappa shape index (κ3) is 3.15. The van der Waals surface area contributed by atoms with Crippen molar-refractivity contribution in [3.8, 4) is 0 Å². The Kier molecular flexibility index (Phi) is 5.07. The lowest BCUT2D eigenvalue weighted by atomic mass is 9.93. The highest BCUT2D eigenvalue weighted by Crippen LogP contribution is 2.31. The van der Waals surface area contributed by atoms with Crippen LogP contribution in [0.15, 0.2) is 0 Å². The van der Waals surface area contributed by atoms with Gasteiger partial charge < -0.3 is 9.80 Å². The first-order valence-corrected chi connectivity index (χ1v) is 9.50. The van der Waals surface area contributed by atoms with Crippen LogP contribution < -0.4 is 0 Å². The van der Waals surface area contributed by atoms with Gasteiger partial charge in [0.25, 0.3) is 0 Å². The van der Waals surface area contributed by atoms with E-state index >= 15 is 0 Å². The molecule has 2 aliphatic rings. The number of hydrogen-bond acceptors (Lipinski definition) is 3. The van der Waals surface area contributed by atoms with Crippen LogP contribution in [-0.4, -0.2) is 62.5 Å². The minimum atomic E-state index is -0.871. The van der Waals surface area contributed by atoms with Crippen molar-refractivity contribution >= 4 is 22.6 Å². The van der Waals surface area contributed by atoms with E-state index in [1.807, 2.05) is 20.8 Å². The van der Waals surface area contributed by atoms with Crippen LogP contribution in [0.2, 0.25) is 0 Å². The van der Waals surface area contributed by atoms with E-state index in [0.29, 0.717) is 18.7 Å². The zero-order valence-corrected chi connectivity index (χ0v) is 14.2. The quantitative estimate of drug-likeness (QED) is 0.761. The van der Waals surface area contributed by atoms with Crippen LogP contribution in [0, 0.1) is 5.92 Å². The van der Waals surface area contributed by atoms with Crippen LogP contribution in [0.3, 0.4) is 0 Å². The van der Waals surface area contributed by atoms with Gasteiger partial charge in [-0.1, -0.05) is 13.8 Å². The Morgan fingerprint density at radius 2 is 1.90 bits per heavy atom. The molecular weight excluding hydrogens is 288 g/mol. The Hall–Kier alpha value is -0.910. The van der Waals surface area contributed by atoms with Crippen molar-refractivity contribution < 1.29 is 13.8 Å². The van der Waals surface area contributed by atoms with Crippen molar-refractivity contribution in [1.82, 2.24) is 9.80 Å². The molecule has 0 bridgehead atoms. The lowest BCUT2D eigenvalue weighted by molar-refractivity contribution is -0.164. The molecule has 0 saturated carbocycles. The maximum Gasteiger partial charge on any atom is 0.246 e. The molecule has 4 unspecified atom stereocenters. The standard InChI is InChI=1S/C15H26N2O3S/c1-10(2)13-15(19)16-8-5-6-12(16)14(18)17(13)11(3)7-9-21(4)20/h10-13H,5-9H2,1-4H3. The molecule has 2 saturated heterocycles. The maximum atomic E-state index is 12.8. The van der Waals surface area contributed by atoms with Gasteiger partial charge in [-0.2, -0.15) is 0 Å². The van der Waals surface area contributed by atoms with Gasteiger partial charge in [0.2, 0.25) is 11.8 Å². The zero-order valence-electron chi connectivity index (χ0n) is 13.4. The topological polar surface area (TPSA) is 57.7 Å². The van der Waals surface area contributed by atoms with Crippen LogP contribution in [0.25, 0.3) is 0 Å². The second kappa shape index (κ2) is 6.46. The molecule has 6 heteroatoms. The van der Waals surface area contributed by atoms with Gasteiger partial charge in [0.05, 0.1) is 0 Å². The minimum absolute atomic E-state index is 0.0412. The van der Waals surface area contributed by atoms with Crippen molar-refractivity contribution in [3.05, 3.63) is 0 Å². The van der Waals surface area contributed by atoms with E-state index in [-0.39, 0.29) is 35.9 Å². The van der Waals surface area contributed by atoms with Crippen molar-refractivity contribution in [2.24, 2.45) is 5.92 Å². The fraction of sp³-hybridized carbons (Fsp3) is 0.867. The second-order valence-corrected chi connectivity index (χ2v) is 8.09. The molecule has 0 aromatic heterocycles. The normalized spacial score (nSPS) is 29.0. The first-order valence-electron chi connectivity index (χ1n) is 7.77. The number of carbonyl (C=O) groups excluding carboxylic acids is 2. The first-order chi connectivity index (χ1) is 9.84. The molecular formula is C15H26N2O3S. The molecule has 4 atom stereocenters. The number of rotatable bonds is 5. The molecule has 0 aromatic carbocycles. The molecule has 21 heavy (non-hydrogen) atoms. The van der Waals surface area contributed by atoms with Crippen molar-refractivity contribution in [2.45, 2.75) is 58.2 Å². The van der Waals surface area contributed by atoms with E-state index in [1.165, 1.54) is 0 Å². The Morgan fingerprint density at radius 1 is 1.24 bits per heavy atom. The van der Waals surface area contributed by atoms with E-state index in [9.17, 15) is 13.8 Å². The Balaban J connectivity index is 2.24. The second-order valence-electron chi connectivity index (χ2n) is 6.54. The molecule has 0 N–H and O–H groups in total. The first kappa shape index (κ1) is 16.5. The monoisotopic (exact) mass is 314 g/mol. The Bertz CT molecular complexity index is 452. The summed E-state index contributed by atoms with van der Waals surface area (Å²) in [5.41, 5.74) is 0. The number of piperazine rings is 1. The van der Waals surface area contributed by atoms with Gasteiger partial charge in [0.15, 0.2) is 0 Å². The Morgan fingerprint density at radius 3 is 2.48 bits per heavy atom. The summed E-state index contributed by atoms with van der Waals surface area (Å²) in [6, 6.07) is -0.672. The van der Waals surface area contributed by atoms with Crippen LogP contribution in [0.1, 0.15) is 40.0 Å². The summed E-state index contributed by atoms with van der Waals surface area (Å²) >= 11 is 0.